The summed E-state index contributed by atoms with van der Waals surface area (Å²) in [5.74, 6) is 1.57. The van der Waals surface area contributed by atoms with Crippen molar-refractivity contribution in [3.05, 3.63) is 46.7 Å². The number of rotatable bonds is 3. The number of carbonyl (C=O) groups excluding carboxylic acids is 2. The van der Waals surface area contributed by atoms with E-state index in [1.54, 1.807) is 11.6 Å². The number of allylic oxidation sites excluding steroid dienone is 5. The van der Waals surface area contributed by atoms with Crippen molar-refractivity contribution < 1.29 is 14.3 Å². The zero-order valence-corrected chi connectivity index (χ0v) is 17.8. The van der Waals surface area contributed by atoms with E-state index in [0.29, 0.717) is 24.4 Å². The maximum Gasteiger partial charge on any atom is 0.331 e. The van der Waals surface area contributed by atoms with Gasteiger partial charge in [0.25, 0.3) is 0 Å². The fourth-order valence-electron chi connectivity index (χ4n) is 7.09. The molecule has 0 aromatic rings. The molecule has 30 heavy (non-hydrogen) atoms. The molecule has 0 unspecified atom stereocenters. The normalized spacial score (nSPS) is 39.4. The van der Waals surface area contributed by atoms with Gasteiger partial charge in [0.05, 0.1) is 0 Å². The number of nitrogens with two attached hydrogens (primary N) is 1. The van der Waals surface area contributed by atoms with Gasteiger partial charge in [-0.3, -0.25) is 5.43 Å². The van der Waals surface area contributed by atoms with Crippen LogP contribution in [0.15, 0.2) is 46.7 Å². The monoisotopic (exact) mass is 409 g/mol. The molecule has 0 radical (unpaired) electrons. The number of esters is 1. The average molecular weight is 410 g/mol. The Labute approximate surface area is 177 Å². The van der Waals surface area contributed by atoms with Crippen LogP contribution in [0.1, 0.15) is 52.4 Å². The Morgan fingerprint density at radius 2 is 2.03 bits per heavy atom. The van der Waals surface area contributed by atoms with Crippen LogP contribution >= 0.6 is 0 Å². The topological polar surface area (TPSA) is 93.5 Å². The van der Waals surface area contributed by atoms with Crippen molar-refractivity contribution in [2.24, 2.45) is 34.3 Å². The number of amides is 2. The second kappa shape index (κ2) is 6.76. The average Bonchev–Trinajstić information content (AvgIpc) is 3.28. The summed E-state index contributed by atoms with van der Waals surface area (Å²) >= 11 is 0. The lowest BCUT2D eigenvalue weighted by Crippen LogP contribution is -2.50. The second-order valence-electron chi connectivity index (χ2n) is 10.1. The number of hydrogen-bond donors (Lipinski definition) is 3. The highest BCUT2D eigenvalue weighted by Crippen LogP contribution is 2.65. The van der Waals surface area contributed by atoms with Crippen LogP contribution in [0.25, 0.3) is 0 Å². The summed E-state index contributed by atoms with van der Waals surface area (Å²) in [5, 5.41) is 0. The molecule has 6 nitrogen and oxygen atoms in total. The zero-order chi connectivity index (χ0) is 21.1. The predicted octanol–water partition coefficient (Wildman–Crippen LogP) is 3.64. The lowest BCUT2D eigenvalue weighted by atomic mass is 9.47. The number of ether oxygens (including phenoxy) is 1. The van der Waals surface area contributed by atoms with Crippen LogP contribution < -0.4 is 16.6 Å². The van der Waals surface area contributed by atoms with Gasteiger partial charge in [0, 0.05) is 22.8 Å². The van der Waals surface area contributed by atoms with Crippen LogP contribution in [0.4, 0.5) is 4.79 Å². The molecule has 0 bridgehead atoms. The minimum Gasteiger partial charge on any atom is -0.458 e. The Kier molecular flexibility index (Phi) is 4.38. The Bertz CT molecular complexity index is 930. The highest BCUT2D eigenvalue weighted by molar-refractivity contribution is 5.87. The number of urea groups is 1. The van der Waals surface area contributed by atoms with Gasteiger partial charge in [-0.05, 0) is 67.3 Å². The lowest BCUT2D eigenvalue weighted by Gasteiger charge is -2.58. The molecule has 160 valence electrons. The summed E-state index contributed by atoms with van der Waals surface area (Å²) in [6.45, 7) is 5.25. The zero-order valence-electron chi connectivity index (χ0n) is 17.8. The molecule has 4 aliphatic carbocycles. The summed E-state index contributed by atoms with van der Waals surface area (Å²) in [7, 11) is 0. The van der Waals surface area contributed by atoms with Crippen LogP contribution in [0.2, 0.25) is 0 Å². The molecule has 2 amide bonds. The van der Waals surface area contributed by atoms with Gasteiger partial charge in [-0.2, -0.15) is 0 Å². The third kappa shape index (κ3) is 2.83. The van der Waals surface area contributed by atoms with E-state index in [9.17, 15) is 9.59 Å². The number of fused-ring (bicyclic) bond motifs is 5. The third-order valence-corrected chi connectivity index (χ3v) is 8.67. The SMILES string of the molecule is C[C@]12CC[C@@H]3[C@@H](CC[C@H]4C=C(NNC(N)=O)CC[C@]43C)C1=CC=C2C1=CC(=O)OC1. The van der Waals surface area contributed by atoms with Gasteiger partial charge in [-0.1, -0.05) is 37.6 Å². The van der Waals surface area contributed by atoms with Crippen molar-refractivity contribution >= 4 is 12.0 Å². The Balaban J connectivity index is 1.37. The smallest absolute Gasteiger partial charge is 0.331 e. The van der Waals surface area contributed by atoms with E-state index in [1.807, 2.05) is 0 Å². The first-order chi connectivity index (χ1) is 14.3. The maximum absolute atomic E-state index is 11.6. The quantitative estimate of drug-likeness (QED) is 0.490. The van der Waals surface area contributed by atoms with Gasteiger partial charge in [-0.15, -0.1) is 0 Å². The van der Waals surface area contributed by atoms with E-state index in [-0.39, 0.29) is 16.8 Å². The Morgan fingerprint density at radius 1 is 1.20 bits per heavy atom. The van der Waals surface area contributed by atoms with Gasteiger partial charge >= 0.3 is 12.0 Å². The number of hydrogen-bond acceptors (Lipinski definition) is 4. The standard InChI is InChI=1S/C24H31N3O3/c1-23-9-7-16(26-27-22(25)29)12-15(23)3-4-17-19-6-5-18(14-11-21(28)30-13-14)24(19,2)10-8-20(17)23/h5-6,11-12,15,17,20,26H,3-4,7-10,13H2,1-2H3,(H3,25,27,29)/t15-,17-,20+,23+,24+/m0/s1. The number of carbonyl (C=O) groups is 2. The van der Waals surface area contributed by atoms with Crippen molar-refractivity contribution in [2.75, 3.05) is 6.61 Å². The largest absolute Gasteiger partial charge is 0.458 e. The van der Waals surface area contributed by atoms with Crippen LogP contribution in [-0.4, -0.2) is 18.6 Å². The number of nitrogens with one attached hydrogen (secondary N) is 2. The molecule has 1 aliphatic heterocycles. The van der Waals surface area contributed by atoms with Crippen molar-refractivity contribution in [2.45, 2.75) is 52.4 Å². The van der Waals surface area contributed by atoms with Crippen molar-refractivity contribution in [3.8, 4) is 0 Å². The van der Waals surface area contributed by atoms with Crippen LogP contribution in [0.5, 0.6) is 0 Å². The summed E-state index contributed by atoms with van der Waals surface area (Å²) < 4.78 is 5.20. The fourth-order valence-corrected chi connectivity index (χ4v) is 7.09. The summed E-state index contributed by atoms with van der Waals surface area (Å²) in [5.41, 5.74) is 16.0. The van der Waals surface area contributed by atoms with E-state index >= 15 is 0 Å². The van der Waals surface area contributed by atoms with E-state index in [1.165, 1.54) is 18.4 Å². The van der Waals surface area contributed by atoms with Gasteiger partial charge in [0.15, 0.2) is 0 Å². The summed E-state index contributed by atoms with van der Waals surface area (Å²) in [6, 6.07) is -0.555. The van der Waals surface area contributed by atoms with Crippen molar-refractivity contribution in [3.63, 3.8) is 0 Å². The van der Waals surface area contributed by atoms with Gasteiger partial charge < -0.3 is 15.9 Å². The molecule has 4 N–H and O–H groups in total. The number of hydrazine groups is 1. The summed E-state index contributed by atoms with van der Waals surface area (Å²) in [4.78, 5) is 22.7. The molecule has 0 aromatic carbocycles. The molecule has 1 heterocycles. The van der Waals surface area contributed by atoms with E-state index in [2.05, 4.69) is 42.9 Å². The van der Waals surface area contributed by atoms with Crippen LogP contribution in [0, 0.1) is 28.6 Å². The Hall–Kier alpha value is -2.50. The molecule has 2 fully saturated rings. The minimum absolute atomic E-state index is 0.0345. The van der Waals surface area contributed by atoms with Gasteiger partial charge in [-0.25, -0.2) is 9.59 Å². The second-order valence-corrected chi connectivity index (χ2v) is 10.1. The molecule has 5 aliphatic rings. The first-order valence-electron chi connectivity index (χ1n) is 11.1. The van der Waals surface area contributed by atoms with Crippen LogP contribution in [0.3, 0.4) is 0 Å². The molecule has 6 heteroatoms. The highest BCUT2D eigenvalue weighted by atomic mass is 16.5. The molecule has 0 spiro atoms. The van der Waals surface area contributed by atoms with Crippen molar-refractivity contribution in [1.29, 1.82) is 0 Å². The molecule has 5 atom stereocenters. The number of primary amides is 1. The molecule has 5 rings (SSSR count). The van der Waals surface area contributed by atoms with E-state index in [0.717, 1.165) is 37.0 Å². The molecular weight excluding hydrogens is 378 g/mol. The maximum atomic E-state index is 11.6. The van der Waals surface area contributed by atoms with Crippen molar-refractivity contribution in [1.82, 2.24) is 10.9 Å². The highest BCUT2D eigenvalue weighted by Gasteiger charge is 2.55. The molecule has 2 saturated carbocycles. The van der Waals surface area contributed by atoms with Gasteiger partial charge in [0.2, 0.25) is 0 Å². The third-order valence-electron chi connectivity index (χ3n) is 8.67. The number of cyclic esters (lactones) is 1. The minimum atomic E-state index is -0.555. The van der Waals surface area contributed by atoms with E-state index < -0.39 is 6.03 Å². The van der Waals surface area contributed by atoms with E-state index in [4.69, 9.17) is 10.5 Å². The summed E-state index contributed by atoms with van der Waals surface area (Å²) in [6.07, 6.45) is 15.3. The van der Waals surface area contributed by atoms with Crippen LogP contribution in [-0.2, 0) is 9.53 Å². The fraction of sp³-hybridized carbons (Fsp3) is 0.583. The molecular formula is C24H31N3O3. The first-order valence-corrected chi connectivity index (χ1v) is 11.1. The lowest BCUT2D eigenvalue weighted by molar-refractivity contribution is -0.134. The van der Waals surface area contributed by atoms with Gasteiger partial charge in [0.1, 0.15) is 6.61 Å². The Morgan fingerprint density at radius 3 is 2.77 bits per heavy atom. The molecule has 0 aromatic heterocycles. The first kappa shape index (κ1) is 19.5. The molecule has 0 saturated heterocycles. The predicted molar refractivity (Wildman–Crippen MR) is 114 cm³/mol.